The third-order valence-electron chi connectivity index (χ3n) is 3.18. The molecular weight excluding hydrogens is 248 g/mol. The molecule has 2 rings (SSSR count). The Morgan fingerprint density at radius 2 is 2.56 bits per heavy atom. The molecule has 0 spiro atoms. The van der Waals surface area contributed by atoms with E-state index in [1.54, 1.807) is 11.3 Å². The average molecular weight is 268 g/mol. The molecule has 3 N–H and O–H groups in total. The van der Waals surface area contributed by atoms with E-state index >= 15 is 0 Å². The summed E-state index contributed by atoms with van der Waals surface area (Å²) in [7, 11) is 0. The molecule has 1 saturated heterocycles. The van der Waals surface area contributed by atoms with Crippen molar-refractivity contribution in [3.8, 4) is 0 Å². The summed E-state index contributed by atoms with van der Waals surface area (Å²) in [5, 5.41) is 17.4. The van der Waals surface area contributed by atoms with Crippen molar-refractivity contribution >= 4 is 17.2 Å². The Balaban J connectivity index is 1.69. The number of nitrogens with one attached hydrogen (secondary N) is 2. The zero-order valence-electron chi connectivity index (χ0n) is 10.6. The molecule has 5 heteroatoms. The maximum absolute atomic E-state index is 11.8. The smallest absolute Gasteiger partial charge is 0.237 e. The minimum absolute atomic E-state index is 0.00424. The molecule has 0 aromatic carbocycles. The second kappa shape index (κ2) is 6.31. The average Bonchev–Trinajstić information content (AvgIpc) is 2.97. The van der Waals surface area contributed by atoms with Gasteiger partial charge in [0.05, 0.1) is 12.1 Å². The fourth-order valence-electron chi connectivity index (χ4n) is 2.16. The van der Waals surface area contributed by atoms with E-state index in [4.69, 9.17) is 0 Å². The summed E-state index contributed by atoms with van der Waals surface area (Å²) in [6.07, 6.45) is 1.13. The van der Waals surface area contributed by atoms with Crippen LogP contribution in [0.4, 0.5) is 0 Å². The Morgan fingerprint density at radius 1 is 1.72 bits per heavy atom. The van der Waals surface area contributed by atoms with Crippen molar-refractivity contribution < 1.29 is 9.90 Å². The summed E-state index contributed by atoms with van der Waals surface area (Å²) in [5.74, 6) is 0.434. The summed E-state index contributed by atoms with van der Waals surface area (Å²) in [5.41, 5.74) is 0. The van der Waals surface area contributed by atoms with E-state index in [1.807, 2.05) is 0 Å². The van der Waals surface area contributed by atoms with Gasteiger partial charge in [-0.15, -0.1) is 11.3 Å². The number of hydrogen-bond acceptors (Lipinski definition) is 4. The molecule has 1 aromatic rings. The van der Waals surface area contributed by atoms with Gasteiger partial charge in [0.2, 0.25) is 5.91 Å². The summed E-state index contributed by atoms with van der Waals surface area (Å²) in [6.45, 7) is 3.34. The van der Waals surface area contributed by atoms with Crippen molar-refractivity contribution in [1.82, 2.24) is 10.6 Å². The maximum atomic E-state index is 11.8. The van der Waals surface area contributed by atoms with Crippen LogP contribution in [0.25, 0.3) is 0 Å². The number of β-amino-alcohol motifs (C(OH)–C–C–N with tert-alkyl or cyclic N) is 1. The number of hydrogen-bond donors (Lipinski definition) is 3. The number of carbonyl (C=O) groups is 1. The van der Waals surface area contributed by atoms with Crippen LogP contribution in [0.15, 0.2) is 17.5 Å². The number of carbonyl (C=O) groups excluding carboxylic acids is 1. The standard InChI is InChI=1S/C13H20N2O2S/c1-9(5-11-3-2-4-18-11)7-15-13(17)12-6-10(16)8-14-12/h2-4,9-10,12,14,16H,5-8H2,1H3,(H,15,17). The molecule has 1 aliphatic rings. The van der Waals surface area contributed by atoms with Crippen molar-refractivity contribution in [3.63, 3.8) is 0 Å². The van der Waals surface area contributed by atoms with Crippen molar-refractivity contribution in [1.29, 1.82) is 0 Å². The molecular formula is C13H20N2O2S. The predicted molar refractivity (Wildman–Crippen MR) is 72.6 cm³/mol. The van der Waals surface area contributed by atoms with E-state index in [0.29, 0.717) is 25.4 Å². The molecule has 2 heterocycles. The lowest BCUT2D eigenvalue weighted by atomic mass is 10.1. The number of aliphatic hydroxyl groups excluding tert-OH is 1. The minimum atomic E-state index is -0.385. The second-order valence-corrected chi connectivity index (χ2v) is 6.02. The topological polar surface area (TPSA) is 61.4 Å². The lowest BCUT2D eigenvalue weighted by molar-refractivity contribution is -0.123. The first kappa shape index (κ1) is 13.5. The predicted octanol–water partition coefficient (Wildman–Crippen LogP) is 0.766. The Hall–Kier alpha value is -0.910. The van der Waals surface area contributed by atoms with E-state index in [2.05, 4.69) is 35.1 Å². The van der Waals surface area contributed by atoms with Crippen LogP contribution in [0.1, 0.15) is 18.2 Å². The van der Waals surface area contributed by atoms with Crippen LogP contribution in [0, 0.1) is 5.92 Å². The highest BCUT2D eigenvalue weighted by Gasteiger charge is 2.27. The Morgan fingerprint density at radius 3 is 3.17 bits per heavy atom. The molecule has 3 unspecified atom stereocenters. The molecule has 100 valence electrons. The number of rotatable bonds is 5. The van der Waals surface area contributed by atoms with Gasteiger partial charge in [-0.05, 0) is 30.2 Å². The van der Waals surface area contributed by atoms with Crippen LogP contribution in [0.5, 0.6) is 0 Å². The van der Waals surface area contributed by atoms with Crippen molar-refractivity contribution in [2.24, 2.45) is 5.92 Å². The maximum Gasteiger partial charge on any atom is 0.237 e. The second-order valence-electron chi connectivity index (χ2n) is 4.98. The highest BCUT2D eigenvalue weighted by molar-refractivity contribution is 7.09. The highest BCUT2D eigenvalue weighted by atomic mass is 32.1. The first-order chi connectivity index (χ1) is 8.65. The monoisotopic (exact) mass is 268 g/mol. The van der Waals surface area contributed by atoms with Crippen LogP contribution in [0.2, 0.25) is 0 Å². The lowest BCUT2D eigenvalue weighted by Crippen LogP contribution is -2.42. The molecule has 4 nitrogen and oxygen atoms in total. The summed E-state index contributed by atoms with van der Waals surface area (Å²) in [6, 6.07) is 3.95. The Kier molecular flexibility index (Phi) is 4.74. The third-order valence-corrected chi connectivity index (χ3v) is 4.08. The molecule has 0 saturated carbocycles. The van der Waals surface area contributed by atoms with Gasteiger partial charge in [-0.3, -0.25) is 4.79 Å². The van der Waals surface area contributed by atoms with Crippen LogP contribution in [-0.2, 0) is 11.2 Å². The number of thiophene rings is 1. The van der Waals surface area contributed by atoms with Gasteiger partial charge < -0.3 is 15.7 Å². The molecule has 0 bridgehead atoms. The SMILES string of the molecule is CC(CNC(=O)C1CC(O)CN1)Cc1cccs1. The molecule has 0 aliphatic carbocycles. The summed E-state index contributed by atoms with van der Waals surface area (Å²) < 4.78 is 0. The van der Waals surface area contributed by atoms with Crippen molar-refractivity contribution in [3.05, 3.63) is 22.4 Å². The number of amides is 1. The Bertz CT molecular complexity index is 380. The van der Waals surface area contributed by atoms with Crippen LogP contribution in [-0.4, -0.2) is 36.2 Å². The quantitative estimate of drug-likeness (QED) is 0.739. The molecule has 3 atom stereocenters. The van der Waals surface area contributed by atoms with Gasteiger partial charge in [0.25, 0.3) is 0 Å². The first-order valence-corrected chi connectivity index (χ1v) is 7.24. The minimum Gasteiger partial charge on any atom is -0.392 e. The molecule has 1 amide bonds. The van der Waals surface area contributed by atoms with Gasteiger partial charge in [0.15, 0.2) is 0 Å². The van der Waals surface area contributed by atoms with E-state index in [-0.39, 0.29) is 18.1 Å². The van der Waals surface area contributed by atoms with E-state index in [1.165, 1.54) is 4.88 Å². The Labute approximate surface area is 111 Å². The fraction of sp³-hybridized carbons (Fsp3) is 0.615. The van der Waals surface area contributed by atoms with Crippen LogP contribution >= 0.6 is 11.3 Å². The first-order valence-electron chi connectivity index (χ1n) is 6.36. The van der Waals surface area contributed by atoms with Gasteiger partial charge in [-0.2, -0.15) is 0 Å². The largest absolute Gasteiger partial charge is 0.392 e. The fourth-order valence-corrected chi connectivity index (χ4v) is 3.03. The molecule has 18 heavy (non-hydrogen) atoms. The van der Waals surface area contributed by atoms with Crippen LogP contribution < -0.4 is 10.6 Å². The molecule has 1 aromatic heterocycles. The van der Waals surface area contributed by atoms with E-state index in [9.17, 15) is 9.90 Å². The summed E-state index contributed by atoms with van der Waals surface area (Å²) in [4.78, 5) is 13.2. The van der Waals surface area contributed by atoms with Gasteiger partial charge in [-0.25, -0.2) is 0 Å². The van der Waals surface area contributed by atoms with E-state index in [0.717, 1.165) is 6.42 Å². The normalized spacial score (nSPS) is 25.0. The van der Waals surface area contributed by atoms with Gasteiger partial charge >= 0.3 is 0 Å². The number of aliphatic hydroxyl groups is 1. The van der Waals surface area contributed by atoms with Crippen molar-refractivity contribution in [2.75, 3.05) is 13.1 Å². The van der Waals surface area contributed by atoms with Crippen molar-refractivity contribution in [2.45, 2.75) is 31.9 Å². The van der Waals surface area contributed by atoms with Crippen LogP contribution in [0.3, 0.4) is 0 Å². The molecule has 1 fully saturated rings. The zero-order valence-corrected chi connectivity index (χ0v) is 11.4. The van der Waals surface area contributed by atoms with E-state index < -0.39 is 0 Å². The molecule has 1 aliphatic heterocycles. The lowest BCUT2D eigenvalue weighted by Gasteiger charge is -2.14. The zero-order chi connectivity index (χ0) is 13.0. The van der Waals surface area contributed by atoms with Gasteiger partial charge in [-0.1, -0.05) is 13.0 Å². The molecule has 0 radical (unpaired) electrons. The van der Waals surface area contributed by atoms with Gasteiger partial charge in [0, 0.05) is 18.0 Å². The van der Waals surface area contributed by atoms with Gasteiger partial charge in [0.1, 0.15) is 0 Å². The third kappa shape index (κ3) is 3.80. The summed E-state index contributed by atoms with van der Waals surface area (Å²) >= 11 is 1.75. The highest BCUT2D eigenvalue weighted by Crippen LogP contribution is 2.14.